The van der Waals surface area contributed by atoms with Gasteiger partial charge in [0.05, 0.1) is 6.04 Å². The van der Waals surface area contributed by atoms with Gasteiger partial charge in [0.15, 0.2) is 0 Å². The quantitative estimate of drug-likeness (QED) is 0.802. The summed E-state index contributed by atoms with van der Waals surface area (Å²) in [4.78, 5) is 28.9. The van der Waals surface area contributed by atoms with Crippen LogP contribution in [-0.2, 0) is 4.79 Å². The van der Waals surface area contributed by atoms with Gasteiger partial charge in [0, 0.05) is 36.8 Å². The SMILES string of the molecule is CC(c1cccc(Cl)c1)N(C)C(=O)C1CCN(C(=O)Nc2ccccc2)CC1. The summed E-state index contributed by atoms with van der Waals surface area (Å²) >= 11 is 6.08. The van der Waals surface area contributed by atoms with Crippen molar-refractivity contribution in [1.29, 1.82) is 0 Å². The molecule has 2 aromatic rings. The molecule has 0 aliphatic carbocycles. The number of hydrogen-bond acceptors (Lipinski definition) is 2. The number of likely N-dealkylation sites (tertiary alicyclic amines) is 1. The Morgan fingerprint density at radius 3 is 2.43 bits per heavy atom. The van der Waals surface area contributed by atoms with E-state index in [2.05, 4.69) is 5.32 Å². The topological polar surface area (TPSA) is 52.7 Å². The summed E-state index contributed by atoms with van der Waals surface area (Å²) in [6, 6.07) is 16.8. The molecule has 1 unspecified atom stereocenters. The lowest BCUT2D eigenvalue weighted by Crippen LogP contribution is -2.45. The van der Waals surface area contributed by atoms with E-state index in [9.17, 15) is 9.59 Å². The molecule has 0 aromatic heterocycles. The first-order valence-corrected chi connectivity index (χ1v) is 9.96. The van der Waals surface area contributed by atoms with Crippen LogP contribution in [0.5, 0.6) is 0 Å². The molecule has 5 nitrogen and oxygen atoms in total. The average molecular weight is 400 g/mol. The summed E-state index contributed by atoms with van der Waals surface area (Å²) in [5, 5.41) is 3.57. The number of halogens is 1. The van der Waals surface area contributed by atoms with Gasteiger partial charge in [0.25, 0.3) is 0 Å². The summed E-state index contributed by atoms with van der Waals surface area (Å²) < 4.78 is 0. The third-order valence-electron chi connectivity index (χ3n) is 5.42. The molecule has 1 heterocycles. The van der Waals surface area contributed by atoms with Crippen molar-refractivity contribution in [3.63, 3.8) is 0 Å². The van der Waals surface area contributed by atoms with Crippen LogP contribution in [-0.4, -0.2) is 41.9 Å². The van der Waals surface area contributed by atoms with Crippen molar-refractivity contribution in [2.75, 3.05) is 25.5 Å². The first kappa shape index (κ1) is 20.2. The molecule has 3 amide bonds. The molecule has 28 heavy (non-hydrogen) atoms. The first-order valence-electron chi connectivity index (χ1n) is 9.59. The Hall–Kier alpha value is -2.53. The van der Waals surface area contributed by atoms with Crippen molar-refractivity contribution < 1.29 is 9.59 Å². The summed E-state index contributed by atoms with van der Waals surface area (Å²) in [6.07, 6.45) is 1.35. The van der Waals surface area contributed by atoms with E-state index in [0.29, 0.717) is 31.0 Å². The maximum atomic E-state index is 12.9. The standard InChI is InChI=1S/C22H26ClN3O2/c1-16(18-7-6-8-19(23)15-18)25(2)21(27)17-11-13-26(14-12-17)22(28)24-20-9-4-3-5-10-20/h3-10,15-17H,11-14H2,1-2H3,(H,24,28). The van der Waals surface area contributed by atoms with Crippen LogP contribution in [0.3, 0.4) is 0 Å². The normalized spacial score (nSPS) is 15.8. The zero-order valence-electron chi connectivity index (χ0n) is 16.3. The predicted octanol–water partition coefficient (Wildman–Crippen LogP) is 4.80. The zero-order chi connectivity index (χ0) is 20.1. The highest BCUT2D eigenvalue weighted by Crippen LogP contribution is 2.26. The second-order valence-corrected chi connectivity index (χ2v) is 7.67. The highest BCUT2D eigenvalue weighted by Gasteiger charge is 2.31. The third kappa shape index (κ3) is 4.84. The van der Waals surface area contributed by atoms with E-state index in [1.54, 1.807) is 9.80 Å². The summed E-state index contributed by atoms with van der Waals surface area (Å²) in [7, 11) is 1.84. The molecular weight excluding hydrogens is 374 g/mol. The second-order valence-electron chi connectivity index (χ2n) is 7.24. The van der Waals surface area contributed by atoms with Gasteiger partial charge in [-0.05, 0) is 49.6 Å². The van der Waals surface area contributed by atoms with Crippen LogP contribution in [0.1, 0.15) is 31.4 Å². The lowest BCUT2D eigenvalue weighted by Gasteiger charge is -2.35. The van der Waals surface area contributed by atoms with Crippen molar-refractivity contribution in [1.82, 2.24) is 9.80 Å². The number of urea groups is 1. The summed E-state index contributed by atoms with van der Waals surface area (Å²) in [5.74, 6) is 0.0583. The van der Waals surface area contributed by atoms with Crippen LogP contribution >= 0.6 is 11.6 Å². The van der Waals surface area contributed by atoms with Crippen LogP contribution in [0.2, 0.25) is 5.02 Å². The van der Waals surface area contributed by atoms with Gasteiger partial charge in [0.1, 0.15) is 0 Å². The number of amides is 3. The summed E-state index contributed by atoms with van der Waals surface area (Å²) in [6.45, 7) is 3.16. The van der Waals surface area contributed by atoms with E-state index in [-0.39, 0.29) is 23.9 Å². The van der Waals surface area contributed by atoms with Gasteiger partial charge in [-0.2, -0.15) is 0 Å². The van der Waals surface area contributed by atoms with E-state index >= 15 is 0 Å². The van der Waals surface area contributed by atoms with Crippen molar-refractivity contribution in [3.8, 4) is 0 Å². The molecular formula is C22H26ClN3O2. The Kier molecular flexibility index (Phi) is 6.57. The highest BCUT2D eigenvalue weighted by molar-refractivity contribution is 6.30. The molecule has 6 heteroatoms. The number of para-hydroxylation sites is 1. The Morgan fingerprint density at radius 1 is 1.11 bits per heavy atom. The maximum absolute atomic E-state index is 12.9. The molecule has 1 saturated heterocycles. The Labute approximate surface area is 171 Å². The number of carbonyl (C=O) groups excluding carboxylic acids is 2. The van der Waals surface area contributed by atoms with Gasteiger partial charge in [-0.3, -0.25) is 4.79 Å². The van der Waals surface area contributed by atoms with Crippen molar-refractivity contribution in [3.05, 3.63) is 65.2 Å². The molecule has 0 bridgehead atoms. The number of rotatable bonds is 4. The lowest BCUT2D eigenvalue weighted by molar-refractivity contribution is -0.137. The smallest absolute Gasteiger partial charge is 0.321 e. The largest absolute Gasteiger partial charge is 0.339 e. The second kappa shape index (κ2) is 9.11. The van der Waals surface area contributed by atoms with Gasteiger partial charge < -0.3 is 15.1 Å². The minimum absolute atomic E-state index is 0.0504. The van der Waals surface area contributed by atoms with Crippen molar-refractivity contribution in [2.45, 2.75) is 25.8 Å². The van der Waals surface area contributed by atoms with Gasteiger partial charge in [-0.15, -0.1) is 0 Å². The molecule has 1 atom stereocenters. The minimum atomic E-state index is -0.113. The van der Waals surface area contributed by atoms with Gasteiger partial charge in [-0.1, -0.05) is 41.9 Å². The van der Waals surface area contributed by atoms with E-state index in [1.165, 1.54) is 0 Å². The molecule has 148 valence electrons. The number of anilines is 1. The number of nitrogens with zero attached hydrogens (tertiary/aromatic N) is 2. The van der Waals surface area contributed by atoms with E-state index in [1.807, 2.05) is 68.6 Å². The molecule has 1 aliphatic heterocycles. The van der Waals surface area contributed by atoms with Gasteiger partial charge in [0.2, 0.25) is 5.91 Å². The van der Waals surface area contributed by atoms with E-state index in [0.717, 1.165) is 11.3 Å². The molecule has 0 spiro atoms. The Morgan fingerprint density at radius 2 is 1.79 bits per heavy atom. The molecule has 1 fully saturated rings. The van der Waals surface area contributed by atoms with Gasteiger partial charge in [-0.25, -0.2) is 4.79 Å². The fourth-order valence-electron chi connectivity index (χ4n) is 3.52. The lowest BCUT2D eigenvalue weighted by atomic mass is 9.94. The van der Waals surface area contributed by atoms with E-state index in [4.69, 9.17) is 11.6 Å². The molecule has 0 radical (unpaired) electrons. The monoisotopic (exact) mass is 399 g/mol. The highest BCUT2D eigenvalue weighted by atomic mass is 35.5. The minimum Gasteiger partial charge on any atom is -0.339 e. The van der Waals surface area contributed by atoms with Crippen LogP contribution in [0, 0.1) is 5.92 Å². The number of piperidine rings is 1. The molecule has 1 N–H and O–H groups in total. The van der Waals surface area contributed by atoms with E-state index < -0.39 is 0 Å². The molecule has 3 rings (SSSR count). The average Bonchev–Trinajstić information content (AvgIpc) is 2.73. The molecule has 0 saturated carbocycles. The molecule has 2 aromatic carbocycles. The Balaban J connectivity index is 1.53. The van der Waals surface area contributed by atoms with Crippen LogP contribution < -0.4 is 5.32 Å². The van der Waals surface area contributed by atoms with Crippen molar-refractivity contribution >= 4 is 29.2 Å². The van der Waals surface area contributed by atoms with Crippen LogP contribution in [0.25, 0.3) is 0 Å². The fraction of sp³-hybridized carbons (Fsp3) is 0.364. The van der Waals surface area contributed by atoms with Crippen molar-refractivity contribution in [2.24, 2.45) is 5.92 Å². The summed E-state index contributed by atoms with van der Waals surface area (Å²) in [5.41, 5.74) is 1.80. The fourth-order valence-corrected chi connectivity index (χ4v) is 3.72. The predicted molar refractivity (Wildman–Crippen MR) is 112 cm³/mol. The number of carbonyl (C=O) groups is 2. The zero-order valence-corrected chi connectivity index (χ0v) is 17.0. The number of nitrogens with one attached hydrogen (secondary N) is 1. The van der Waals surface area contributed by atoms with Crippen LogP contribution in [0.4, 0.5) is 10.5 Å². The number of benzene rings is 2. The maximum Gasteiger partial charge on any atom is 0.321 e. The third-order valence-corrected chi connectivity index (χ3v) is 5.65. The van der Waals surface area contributed by atoms with Gasteiger partial charge >= 0.3 is 6.03 Å². The Bertz CT molecular complexity index is 820. The van der Waals surface area contributed by atoms with Crippen LogP contribution in [0.15, 0.2) is 54.6 Å². The first-order chi connectivity index (χ1) is 13.5. The number of hydrogen-bond donors (Lipinski definition) is 1. The molecule has 1 aliphatic rings.